The minimum absolute atomic E-state index is 0. The molecule has 1 aliphatic rings. The summed E-state index contributed by atoms with van der Waals surface area (Å²) in [5.74, 6) is 1.46. The molecule has 2 N–H and O–H groups in total. The number of carbonyl (C=O) groups is 1. The molecule has 0 atom stereocenters. The van der Waals surface area contributed by atoms with Gasteiger partial charge in [0.15, 0.2) is 5.96 Å². The molecule has 1 fully saturated rings. The lowest BCUT2D eigenvalue weighted by Crippen LogP contribution is -2.50. The lowest BCUT2D eigenvalue weighted by molar-refractivity contribution is -0.127. The number of nitrogens with zero attached hydrogens (tertiary/aromatic N) is 3. The molecule has 0 saturated carbocycles. The van der Waals surface area contributed by atoms with Gasteiger partial charge in [0.1, 0.15) is 12.3 Å². The van der Waals surface area contributed by atoms with Crippen molar-refractivity contribution in [1.82, 2.24) is 19.8 Å². The van der Waals surface area contributed by atoms with Crippen molar-refractivity contribution in [3.63, 3.8) is 0 Å². The Balaban J connectivity index is 0.00000420. The lowest BCUT2D eigenvalue weighted by atomic mass is 10.1. The van der Waals surface area contributed by atoms with E-state index < -0.39 is 10.0 Å². The molecule has 1 aliphatic heterocycles. The van der Waals surface area contributed by atoms with E-state index in [2.05, 4.69) is 15.6 Å². The molecule has 0 aliphatic carbocycles. The van der Waals surface area contributed by atoms with Gasteiger partial charge in [0.25, 0.3) is 0 Å². The number of hydrogen-bond acceptors (Lipinski definition) is 5. The normalized spacial score (nSPS) is 16.2. The van der Waals surface area contributed by atoms with Crippen LogP contribution in [0.25, 0.3) is 0 Å². The molecule has 2 heterocycles. The molecule has 9 nitrogen and oxygen atoms in total. The average molecular weight is 541 g/mol. The SMILES string of the molecule is CCS(=O)(=O)N1CCC(NC(=NCC(=O)N(C)C)NCCc2ccco2)CC1.I. The van der Waals surface area contributed by atoms with Crippen LogP contribution in [-0.4, -0.2) is 81.6 Å². The Morgan fingerprint density at radius 1 is 1.34 bits per heavy atom. The van der Waals surface area contributed by atoms with Gasteiger partial charge in [0.2, 0.25) is 15.9 Å². The number of guanidine groups is 1. The summed E-state index contributed by atoms with van der Waals surface area (Å²) in [7, 11) is 0.243. The van der Waals surface area contributed by atoms with Crippen LogP contribution in [-0.2, 0) is 21.2 Å². The van der Waals surface area contributed by atoms with Crippen LogP contribution in [0.1, 0.15) is 25.5 Å². The summed E-state index contributed by atoms with van der Waals surface area (Å²) in [6.45, 7) is 3.30. The predicted molar refractivity (Wildman–Crippen MR) is 124 cm³/mol. The summed E-state index contributed by atoms with van der Waals surface area (Å²) >= 11 is 0. The Hall–Kier alpha value is -1.34. The number of likely N-dealkylation sites (N-methyl/N-ethyl adjacent to an activating group) is 1. The van der Waals surface area contributed by atoms with Gasteiger partial charge in [-0.05, 0) is 31.9 Å². The van der Waals surface area contributed by atoms with E-state index in [4.69, 9.17) is 4.42 Å². The number of hydrogen-bond donors (Lipinski definition) is 2. The number of sulfonamides is 1. The number of amides is 1. The topological polar surface area (TPSA) is 107 Å². The Morgan fingerprint density at radius 2 is 2.03 bits per heavy atom. The van der Waals surface area contributed by atoms with Crippen LogP contribution >= 0.6 is 24.0 Å². The summed E-state index contributed by atoms with van der Waals surface area (Å²) in [6, 6.07) is 3.86. The third kappa shape index (κ3) is 8.51. The van der Waals surface area contributed by atoms with Gasteiger partial charge in [-0.25, -0.2) is 17.7 Å². The molecule has 1 saturated heterocycles. The fraction of sp³-hybridized carbons (Fsp3) is 0.667. The summed E-state index contributed by atoms with van der Waals surface area (Å²) in [5.41, 5.74) is 0. The van der Waals surface area contributed by atoms with Gasteiger partial charge < -0.3 is 20.0 Å². The van der Waals surface area contributed by atoms with Crippen LogP contribution in [0.5, 0.6) is 0 Å². The number of carbonyl (C=O) groups excluding carboxylic acids is 1. The van der Waals surface area contributed by atoms with Crippen LogP contribution in [0, 0.1) is 0 Å². The summed E-state index contributed by atoms with van der Waals surface area (Å²) in [5, 5.41) is 6.56. The fourth-order valence-corrected chi connectivity index (χ4v) is 3.99. The van der Waals surface area contributed by atoms with Crippen molar-refractivity contribution in [1.29, 1.82) is 0 Å². The van der Waals surface area contributed by atoms with Gasteiger partial charge in [0.05, 0.1) is 12.0 Å². The van der Waals surface area contributed by atoms with Crippen molar-refractivity contribution in [2.24, 2.45) is 4.99 Å². The maximum Gasteiger partial charge on any atom is 0.243 e. The fourth-order valence-electron chi connectivity index (χ4n) is 2.85. The van der Waals surface area contributed by atoms with Gasteiger partial charge in [-0.3, -0.25) is 4.79 Å². The smallest absolute Gasteiger partial charge is 0.243 e. The van der Waals surface area contributed by atoms with Gasteiger partial charge in [-0.15, -0.1) is 24.0 Å². The molecule has 0 aromatic carbocycles. The summed E-state index contributed by atoms with van der Waals surface area (Å²) < 4.78 is 30.9. The molecule has 1 amide bonds. The second-order valence-corrected chi connectivity index (χ2v) is 9.18. The Bertz CT molecular complexity index is 744. The highest BCUT2D eigenvalue weighted by Crippen LogP contribution is 2.14. The molecule has 0 unspecified atom stereocenters. The van der Waals surface area contributed by atoms with Crippen LogP contribution in [0.15, 0.2) is 27.8 Å². The largest absolute Gasteiger partial charge is 0.469 e. The molecule has 166 valence electrons. The van der Waals surface area contributed by atoms with Gasteiger partial charge >= 0.3 is 0 Å². The molecular weight excluding hydrogens is 509 g/mol. The highest BCUT2D eigenvalue weighted by atomic mass is 127. The quantitative estimate of drug-likeness (QED) is 0.288. The van der Waals surface area contributed by atoms with Crippen molar-refractivity contribution >= 4 is 45.9 Å². The highest BCUT2D eigenvalue weighted by molar-refractivity contribution is 14.0. The molecule has 0 bridgehead atoms. The number of nitrogens with one attached hydrogen (secondary N) is 2. The van der Waals surface area contributed by atoms with Crippen LogP contribution in [0.4, 0.5) is 0 Å². The molecule has 1 aromatic heterocycles. The number of piperidine rings is 1. The first-order valence-corrected chi connectivity index (χ1v) is 11.2. The second kappa shape index (κ2) is 12.4. The van der Waals surface area contributed by atoms with Gasteiger partial charge in [-0.2, -0.15) is 0 Å². The maximum atomic E-state index is 12.0. The molecule has 0 spiro atoms. The van der Waals surface area contributed by atoms with E-state index in [0.717, 1.165) is 5.76 Å². The monoisotopic (exact) mass is 541 g/mol. The first-order valence-electron chi connectivity index (χ1n) is 9.57. The highest BCUT2D eigenvalue weighted by Gasteiger charge is 2.27. The van der Waals surface area contributed by atoms with E-state index >= 15 is 0 Å². The zero-order chi connectivity index (χ0) is 20.6. The minimum atomic E-state index is -3.14. The van der Waals surface area contributed by atoms with Crippen molar-refractivity contribution in [3.05, 3.63) is 24.2 Å². The van der Waals surface area contributed by atoms with Crippen molar-refractivity contribution in [2.75, 3.05) is 46.0 Å². The maximum absolute atomic E-state index is 12.0. The van der Waals surface area contributed by atoms with E-state index in [0.29, 0.717) is 44.9 Å². The molecule has 2 rings (SSSR count). The van der Waals surface area contributed by atoms with Crippen molar-refractivity contribution in [2.45, 2.75) is 32.2 Å². The third-order valence-electron chi connectivity index (χ3n) is 4.67. The molecule has 1 aromatic rings. The Morgan fingerprint density at radius 3 is 2.59 bits per heavy atom. The first kappa shape index (κ1) is 25.7. The van der Waals surface area contributed by atoms with E-state index in [1.165, 1.54) is 4.90 Å². The molecule has 0 radical (unpaired) electrons. The van der Waals surface area contributed by atoms with Gasteiger partial charge in [0, 0.05) is 46.2 Å². The van der Waals surface area contributed by atoms with E-state index in [9.17, 15) is 13.2 Å². The molecular formula is C18H32IN5O4S. The van der Waals surface area contributed by atoms with Crippen molar-refractivity contribution < 1.29 is 17.6 Å². The van der Waals surface area contributed by atoms with Gasteiger partial charge in [-0.1, -0.05) is 0 Å². The molecule has 11 heteroatoms. The molecule has 29 heavy (non-hydrogen) atoms. The number of furan rings is 1. The first-order chi connectivity index (χ1) is 13.3. The van der Waals surface area contributed by atoms with E-state index in [1.807, 2.05) is 12.1 Å². The van der Waals surface area contributed by atoms with Crippen LogP contribution in [0.3, 0.4) is 0 Å². The number of aliphatic imine (C=N–C) groups is 1. The van der Waals surface area contributed by atoms with E-state index in [-0.39, 0.29) is 48.2 Å². The zero-order valence-corrected chi connectivity index (χ0v) is 20.4. The number of halogens is 1. The lowest BCUT2D eigenvalue weighted by Gasteiger charge is -2.32. The van der Waals surface area contributed by atoms with Crippen LogP contribution in [0.2, 0.25) is 0 Å². The van der Waals surface area contributed by atoms with Crippen molar-refractivity contribution in [3.8, 4) is 0 Å². The van der Waals surface area contributed by atoms with Crippen LogP contribution < -0.4 is 10.6 Å². The number of rotatable bonds is 8. The summed E-state index contributed by atoms with van der Waals surface area (Å²) in [4.78, 5) is 17.7. The standard InChI is InChI=1S/C18H31N5O4S.HI/c1-4-28(25,26)23-11-8-15(9-12-23)21-18(20-14-17(24)22(2)3)19-10-7-16-6-5-13-27-16;/h5-6,13,15H,4,7-12,14H2,1-3H3,(H2,19,20,21);1H. The average Bonchev–Trinajstić information content (AvgIpc) is 3.19. The second-order valence-electron chi connectivity index (χ2n) is 6.93. The summed E-state index contributed by atoms with van der Waals surface area (Å²) in [6.07, 6.45) is 3.72. The third-order valence-corrected chi connectivity index (χ3v) is 6.55. The Kier molecular flexibility index (Phi) is 11.0. The zero-order valence-electron chi connectivity index (χ0n) is 17.3. The van der Waals surface area contributed by atoms with E-state index in [1.54, 1.807) is 31.6 Å². The minimum Gasteiger partial charge on any atom is -0.469 e. The predicted octanol–water partition coefficient (Wildman–Crippen LogP) is 0.878. The Labute approximate surface area is 190 Å².